The first-order chi connectivity index (χ1) is 14.0. The maximum absolute atomic E-state index is 13.7. The summed E-state index contributed by atoms with van der Waals surface area (Å²) >= 11 is 6.50. The van der Waals surface area contributed by atoms with E-state index in [2.05, 4.69) is 0 Å². The molecule has 0 aromatic heterocycles. The third-order valence-electron chi connectivity index (χ3n) is 4.85. The lowest BCUT2D eigenvalue weighted by molar-refractivity contribution is -0.138. The van der Waals surface area contributed by atoms with E-state index >= 15 is 0 Å². The molecule has 0 saturated heterocycles. The molecule has 0 radical (unpaired) electrons. The highest BCUT2D eigenvalue weighted by Gasteiger charge is 2.39. The van der Waals surface area contributed by atoms with Gasteiger partial charge in [-0.15, -0.1) is 0 Å². The number of hydrogen-bond acceptors (Lipinski definition) is 0. The van der Waals surface area contributed by atoms with Crippen molar-refractivity contribution in [1.29, 1.82) is 0 Å². The van der Waals surface area contributed by atoms with Gasteiger partial charge in [-0.3, -0.25) is 0 Å². The van der Waals surface area contributed by atoms with Crippen LogP contribution in [-0.4, -0.2) is 0 Å². The summed E-state index contributed by atoms with van der Waals surface area (Å²) in [6, 6.07) is 25.5. The van der Waals surface area contributed by atoms with Gasteiger partial charge in [0.15, 0.2) is 0 Å². The van der Waals surface area contributed by atoms with Crippen molar-refractivity contribution in [3.05, 3.63) is 119 Å². The molecule has 3 aromatic rings. The van der Waals surface area contributed by atoms with Crippen molar-refractivity contribution in [1.82, 2.24) is 0 Å². The van der Waals surface area contributed by atoms with Crippen molar-refractivity contribution in [2.45, 2.75) is 12.1 Å². The highest BCUT2D eigenvalue weighted by atomic mass is 35.5. The van der Waals surface area contributed by atoms with E-state index in [1.165, 1.54) is 12.1 Å². The Morgan fingerprint density at radius 2 is 1.21 bits per heavy atom. The fourth-order valence-electron chi connectivity index (χ4n) is 3.62. The lowest BCUT2D eigenvalue weighted by atomic mass is 9.94. The maximum Gasteiger partial charge on any atom is 0.416 e. The summed E-state index contributed by atoms with van der Waals surface area (Å²) in [6.07, 6.45) is -0.814. The Morgan fingerprint density at radius 1 is 0.690 bits per heavy atom. The van der Waals surface area contributed by atoms with E-state index in [0.29, 0.717) is 5.03 Å². The van der Waals surface area contributed by atoms with Crippen LogP contribution in [0.15, 0.2) is 107 Å². The van der Waals surface area contributed by atoms with Gasteiger partial charge in [0.1, 0.15) is 0 Å². The number of halogens is 4. The molecule has 0 heterocycles. The van der Waals surface area contributed by atoms with Gasteiger partial charge in [0, 0.05) is 11.0 Å². The zero-order valence-electron chi connectivity index (χ0n) is 15.3. The number of rotatable bonds is 4. The molecule has 29 heavy (non-hydrogen) atoms. The number of alkyl halides is 3. The fourth-order valence-corrected chi connectivity index (χ4v) is 6.59. The summed E-state index contributed by atoms with van der Waals surface area (Å²) in [4.78, 5) is 0. The van der Waals surface area contributed by atoms with Crippen LogP contribution in [0.2, 0.25) is 0 Å². The molecule has 0 nitrogen and oxygen atoms in total. The van der Waals surface area contributed by atoms with E-state index in [1.54, 1.807) is 12.1 Å². The van der Waals surface area contributed by atoms with Gasteiger partial charge >= 0.3 is 6.18 Å². The van der Waals surface area contributed by atoms with Crippen molar-refractivity contribution in [3.63, 3.8) is 0 Å². The molecule has 1 aliphatic rings. The van der Waals surface area contributed by atoms with Crippen LogP contribution in [0.3, 0.4) is 0 Å². The van der Waals surface area contributed by atoms with Gasteiger partial charge in [0.25, 0.3) is 0 Å². The van der Waals surface area contributed by atoms with Crippen LogP contribution in [0.4, 0.5) is 13.2 Å². The number of hydrogen-bond donors (Lipinski definition) is 0. The van der Waals surface area contributed by atoms with Crippen molar-refractivity contribution in [2.75, 3.05) is 0 Å². The molecule has 3 aromatic carbocycles. The summed E-state index contributed by atoms with van der Waals surface area (Å²) in [7, 11) is -1.03. The smallest absolute Gasteiger partial charge is 0.166 e. The van der Waals surface area contributed by atoms with E-state index in [-0.39, 0.29) is 5.56 Å². The van der Waals surface area contributed by atoms with Gasteiger partial charge < -0.3 is 0 Å². The quantitative estimate of drug-likeness (QED) is 0.395. The molecule has 0 bridgehead atoms. The Morgan fingerprint density at radius 3 is 1.76 bits per heavy atom. The summed E-state index contributed by atoms with van der Waals surface area (Å²) < 4.78 is 41.2. The van der Waals surface area contributed by atoms with Crippen molar-refractivity contribution in [3.8, 4) is 0 Å². The minimum Gasteiger partial charge on any atom is -0.166 e. The second kappa shape index (κ2) is 8.18. The van der Waals surface area contributed by atoms with Gasteiger partial charge in [-0.2, -0.15) is 13.2 Å². The van der Waals surface area contributed by atoms with Crippen molar-refractivity contribution >= 4 is 30.1 Å². The molecule has 0 saturated carbocycles. The third kappa shape index (κ3) is 4.03. The molecule has 1 aliphatic carbocycles. The molecule has 0 spiro atoms. The zero-order chi connectivity index (χ0) is 20.4. The summed E-state index contributed by atoms with van der Waals surface area (Å²) in [5, 5.41) is 3.47. The van der Waals surface area contributed by atoms with Gasteiger partial charge in [-0.05, 0) is 41.6 Å². The van der Waals surface area contributed by atoms with E-state index in [4.69, 9.17) is 11.6 Å². The zero-order valence-corrected chi connectivity index (χ0v) is 16.9. The van der Waals surface area contributed by atoms with Crippen LogP contribution in [0.1, 0.15) is 17.0 Å². The van der Waals surface area contributed by atoms with Gasteiger partial charge in [0.05, 0.1) is 5.56 Å². The van der Waals surface area contributed by atoms with Crippen LogP contribution in [0.5, 0.6) is 0 Å². The molecule has 5 heteroatoms. The molecule has 1 atom stereocenters. The minimum absolute atomic E-state index is 0.198. The molecular formula is C24H17ClF3P. The lowest BCUT2D eigenvalue weighted by Gasteiger charge is -2.28. The van der Waals surface area contributed by atoms with Gasteiger partial charge in [0.2, 0.25) is 0 Å². The van der Waals surface area contributed by atoms with Crippen LogP contribution < -0.4 is 10.6 Å². The highest BCUT2D eigenvalue weighted by molar-refractivity contribution is 7.76. The fraction of sp³-hybridized carbons (Fsp3) is 0.0833. The highest BCUT2D eigenvalue weighted by Crippen LogP contribution is 2.56. The standard InChI is InChI=1S/C24H17ClF3P/c25-21-15-16-22(23(21)19-13-7-8-14-20(19)24(26,27)28)29(17-9-3-1-4-10-17)18-11-5-2-6-12-18/h1-16,23H. The van der Waals surface area contributed by atoms with Crippen LogP contribution in [0, 0.1) is 0 Å². The molecule has 1 unspecified atom stereocenters. The van der Waals surface area contributed by atoms with E-state index in [9.17, 15) is 13.2 Å². The first-order valence-corrected chi connectivity index (χ1v) is 10.8. The predicted octanol–water partition coefficient (Wildman–Crippen LogP) is 6.94. The maximum atomic E-state index is 13.7. The average molecular weight is 429 g/mol. The average Bonchev–Trinajstić information content (AvgIpc) is 3.10. The number of benzene rings is 3. The van der Waals surface area contributed by atoms with E-state index < -0.39 is 25.6 Å². The Bertz CT molecular complexity index is 1020. The Balaban J connectivity index is 1.87. The van der Waals surface area contributed by atoms with Gasteiger partial charge in [-0.25, -0.2) is 0 Å². The number of allylic oxidation sites excluding steroid dienone is 4. The summed E-state index contributed by atoms with van der Waals surface area (Å²) in [6.45, 7) is 0. The first kappa shape index (κ1) is 19.9. The molecule has 0 amide bonds. The minimum atomic E-state index is -4.44. The monoisotopic (exact) mass is 428 g/mol. The summed E-state index contributed by atoms with van der Waals surface area (Å²) in [5.74, 6) is -0.610. The second-order valence-corrected chi connectivity index (χ2v) is 9.32. The van der Waals surface area contributed by atoms with Crippen molar-refractivity contribution in [2.24, 2.45) is 0 Å². The van der Waals surface area contributed by atoms with Crippen LogP contribution in [0.25, 0.3) is 0 Å². The largest absolute Gasteiger partial charge is 0.416 e. The predicted molar refractivity (Wildman–Crippen MR) is 115 cm³/mol. The first-order valence-electron chi connectivity index (χ1n) is 9.10. The Hall–Kier alpha value is -2.35. The molecule has 4 rings (SSSR count). The normalized spacial score (nSPS) is 16.7. The Kier molecular flexibility index (Phi) is 5.63. The molecule has 146 valence electrons. The Labute approximate surface area is 174 Å². The van der Waals surface area contributed by atoms with Crippen molar-refractivity contribution < 1.29 is 13.2 Å². The third-order valence-corrected chi connectivity index (χ3v) is 7.75. The molecule has 0 fully saturated rings. The van der Waals surface area contributed by atoms with Gasteiger partial charge in [-0.1, -0.05) is 96.5 Å². The molecular weight excluding hydrogens is 412 g/mol. The summed E-state index contributed by atoms with van der Waals surface area (Å²) in [5.41, 5.74) is -0.440. The SMILES string of the molecule is FC(F)(F)c1ccccc1C1C(Cl)=CC=C1P(c1ccccc1)c1ccccc1. The topological polar surface area (TPSA) is 0 Å². The lowest BCUT2D eigenvalue weighted by Crippen LogP contribution is -2.17. The second-order valence-electron chi connectivity index (χ2n) is 6.67. The van der Waals surface area contributed by atoms with E-state index in [0.717, 1.165) is 22.0 Å². The van der Waals surface area contributed by atoms with E-state index in [1.807, 2.05) is 66.7 Å². The van der Waals surface area contributed by atoms with Crippen LogP contribution >= 0.6 is 19.5 Å². The molecule has 0 N–H and O–H groups in total. The van der Waals surface area contributed by atoms with Crippen LogP contribution in [-0.2, 0) is 6.18 Å². The molecule has 0 aliphatic heterocycles.